The smallest absolute Gasteiger partial charge is 0.306 e. The second-order valence-electron chi connectivity index (χ2n) is 23.8. The first-order chi connectivity index (χ1) is 38.5. The van der Waals surface area contributed by atoms with Crippen molar-refractivity contribution in [3.05, 3.63) is 36.5 Å². The van der Waals surface area contributed by atoms with Crippen LogP contribution in [0.3, 0.4) is 0 Å². The Bertz CT molecular complexity index is 1300. The molecule has 0 saturated carbocycles. The summed E-state index contributed by atoms with van der Waals surface area (Å²) < 4.78 is 17.0. The molecule has 0 saturated heterocycles. The molecular formula is C72H134O6. The predicted octanol–water partition coefficient (Wildman–Crippen LogP) is 23.9. The first-order valence-electron chi connectivity index (χ1n) is 35.0. The summed E-state index contributed by atoms with van der Waals surface area (Å²) in [7, 11) is 0. The number of unbranched alkanes of at least 4 members (excludes halogenated alkanes) is 48. The Kier molecular flexibility index (Phi) is 65.1. The molecule has 0 fully saturated rings. The molecule has 6 heteroatoms. The fourth-order valence-corrected chi connectivity index (χ4v) is 10.5. The molecule has 0 radical (unpaired) electrons. The van der Waals surface area contributed by atoms with Crippen LogP contribution in [-0.4, -0.2) is 37.2 Å². The van der Waals surface area contributed by atoms with Crippen LogP contribution in [0.1, 0.15) is 387 Å². The largest absolute Gasteiger partial charge is 0.462 e. The molecule has 0 rings (SSSR count). The summed E-state index contributed by atoms with van der Waals surface area (Å²) in [6.07, 6.45) is 83.1. The number of carbonyl (C=O) groups is 3. The van der Waals surface area contributed by atoms with Gasteiger partial charge in [-0.25, -0.2) is 0 Å². The lowest BCUT2D eigenvalue weighted by atomic mass is 10.0. The zero-order valence-corrected chi connectivity index (χ0v) is 52.7. The summed E-state index contributed by atoms with van der Waals surface area (Å²) in [5.74, 6) is -0.857. The zero-order valence-electron chi connectivity index (χ0n) is 52.7. The summed E-state index contributed by atoms with van der Waals surface area (Å²) in [5.41, 5.74) is 0. The second kappa shape index (κ2) is 67.1. The highest BCUT2D eigenvalue weighted by atomic mass is 16.6. The van der Waals surface area contributed by atoms with Crippen LogP contribution < -0.4 is 0 Å². The number of allylic oxidation sites excluding steroid dienone is 6. The number of ether oxygens (including phenoxy) is 3. The van der Waals surface area contributed by atoms with Gasteiger partial charge in [0.25, 0.3) is 0 Å². The molecular weight excluding hydrogens is 961 g/mol. The Labute approximate surface area is 486 Å². The fraction of sp³-hybridized carbons (Fsp3) is 0.875. The van der Waals surface area contributed by atoms with E-state index in [1.807, 2.05) is 0 Å². The lowest BCUT2D eigenvalue weighted by molar-refractivity contribution is -0.167. The van der Waals surface area contributed by atoms with Crippen LogP contribution in [0, 0.1) is 0 Å². The van der Waals surface area contributed by atoms with Gasteiger partial charge in [-0.15, -0.1) is 0 Å². The van der Waals surface area contributed by atoms with Crippen LogP contribution in [0.25, 0.3) is 0 Å². The lowest BCUT2D eigenvalue weighted by Crippen LogP contribution is -2.30. The highest BCUT2D eigenvalue weighted by Gasteiger charge is 2.19. The van der Waals surface area contributed by atoms with Crippen LogP contribution in [0.2, 0.25) is 0 Å². The zero-order chi connectivity index (χ0) is 56.4. The molecule has 6 nitrogen and oxygen atoms in total. The number of esters is 3. The van der Waals surface area contributed by atoms with E-state index in [0.29, 0.717) is 19.3 Å². The molecule has 458 valence electrons. The van der Waals surface area contributed by atoms with Gasteiger partial charge < -0.3 is 14.2 Å². The molecule has 0 bridgehead atoms. The molecule has 0 aromatic rings. The van der Waals surface area contributed by atoms with Crippen molar-refractivity contribution in [2.45, 2.75) is 393 Å². The van der Waals surface area contributed by atoms with E-state index in [-0.39, 0.29) is 31.1 Å². The molecule has 1 unspecified atom stereocenters. The first-order valence-corrected chi connectivity index (χ1v) is 35.0. The van der Waals surface area contributed by atoms with Crippen molar-refractivity contribution in [2.24, 2.45) is 0 Å². The molecule has 78 heavy (non-hydrogen) atoms. The first kappa shape index (κ1) is 75.6. The van der Waals surface area contributed by atoms with Crippen LogP contribution in [0.15, 0.2) is 36.5 Å². The maximum absolute atomic E-state index is 12.9. The number of hydrogen-bond acceptors (Lipinski definition) is 6. The van der Waals surface area contributed by atoms with Crippen molar-refractivity contribution in [3.63, 3.8) is 0 Å². The van der Waals surface area contributed by atoms with Crippen molar-refractivity contribution >= 4 is 17.9 Å². The monoisotopic (exact) mass is 1100 g/mol. The fourth-order valence-electron chi connectivity index (χ4n) is 10.5. The average Bonchev–Trinajstić information content (AvgIpc) is 3.44. The number of rotatable bonds is 65. The van der Waals surface area contributed by atoms with Crippen LogP contribution in [-0.2, 0) is 28.6 Å². The topological polar surface area (TPSA) is 78.9 Å². The third-order valence-corrected chi connectivity index (χ3v) is 15.8. The summed E-state index contributed by atoms with van der Waals surface area (Å²) in [6, 6.07) is 0. The second-order valence-corrected chi connectivity index (χ2v) is 23.8. The highest BCUT2D eigenvalue weighted by Crippen LogP contribution is 2.18. The van der Waals surface area contributed by atoms with E-state index in [1.165, 1.54) is 283 Å². The molecule has 0 aromatic heterocycles. The standard InChI is InChI=1S/C72H134O6/c1-4-7-10-13-16-19-22-25-28-30-32-34-35-36-37-39-40-42-44-47-50-53-56-59-62-65-71(74)77-68-69(67-76-70(73)64-61-58-55-52-49-46-27-24-21-18-15-12-9-6-3)78-72(75)66-63-60-57-54-51-48-45-43-41-38-33-31-29-26-23-20-17-14-11-8-5-2/h24,27,30-33,69H,4-23,25-26,28-29,34-68H2,1-3H3/b27-24-,32-30-,33-31-. The van der Waals surface area contributed by atoms with Gasteiger partial charge in [-0.1, -0.05) is 308 Å². The molecule has 0 aliphatic rings. The Morgan fingerprint density at radius 1 is 0.244 bits per heavy atom. The quantitative estimate of drug-likeness (QED) is 0.0261. The molecule has 0 spiro atoms. The third-order valence-electron chi connectivity index (χ3n) is 15.8. The van der Waals surface area contributed by atoms with Gasteiger partial charge >= 0.3 is 17.9 Å². The average molecular weight is 1100 g/mol. The van der Waals surface area contributed by atoms with Gasteiger partial charge in [0.15, 0.2) is 6.10 Å². The SMILES string of the molecule is CCCCCCC/C=C\CCCCCCCC(=O)OCC(COC(=O)CCCCCCCCCCCCCCC/C=C\CCCCCCCCCC)OC(=O)CCCCCCCCCCC/C=C\CCCCCCCCCC. The van der Waals surface area contributed by atoms with E-state index < -0.39 is 6.10 Å². The minimum Gasteiger partial charge on any atom is -0.462 e. The number of hydrogen-bond donors (Lipinski definition) is 0. The molecule has 0 aliphatic carbocycles. The van der Waals surface area contributed by atoms with Gasteiger partial charge in [-0.3, -0.25) is 14.4 Å². The predicted molar refractivity (Wildman–Crippen MR) is 339 cm³/mol. The van der Waals surface area contributed by atoms with E-state index in [2.05, 4.69) is 57.2 Å². The molecule has 0 heterocycles. The Balaban J connectivity index is 4.26. The van der Waals surface area contributed by atoms with E-state index >= 15 is 0 Å². The minimum atomic E-state index is -0.776. The normalized spacial score (nSPS) is 12.2. The van der Waals surface area contributed by atoms with Crippen LogP contribution in [0.5, 0.6) is 0 Å². The van der Waals surface area contributed by atoms with Crippen LogP contribution >= 0.6 is 0 Å². The molecule has 1 atom stereocenters. The van der Waals surface area contributed by atoms with E-state index in [9.17, 15) is 14.4 Å². The van der Waals surface area contributed by atoms with Crippen molar-refractivity contribution in [2.75, 3.05) is 13.2 Å². The van der Waals surface area contributed by atoms with Crippen molar-refractivity contribution in [3.8, 4) is 0 Å². The van der Waals surface area contributed by atoms with E-state index in [4.69, 9.17) is 14.2 Å². The summed E-state index contributed by atoms with van der Waals surface area (Å²) in [6.45, 7) is 6.69. The molecule has 0 N–H and O–H groups in total. The van der Waals surface area contributed by atoms with Gasteiger partial charge in [0.2, 0.25) is 0 Å². The molecule has 0 aromatic carbocycles. The highest BCUT2D eigenvalue weighted by molar-refractivity contribution is 5.71. The summed E-state index contributed by atoms with van der Waals surface area (Å²) in [5, 5.41) is 0. The third kappa shape index (κ3) is 64.5. The van der Waals surface area contributed by atoms with Crippen molar-refractivity contribution in [1.82, 2.24) is 0 Å². The van der Waals surface area contributed by atoms with Crippen molar-refractivity contribution in [1.29, 1.82) is 0 Å². The Hall–Kier alpha value is -2.37. The van der Waals surface area contributed by atoms with Gasteiger partial charge in [-0.2, -0.15) is 0 Å². The van der Waals surface area contributed by atoms with Gasteiger partial charge in [-0.05, 0) is 96.3 Å². The summed E-state index contributed by atoms with van der Waals surface area (Å²) in [4.78, 5) is 38.4. The van der Waals surface area contributed by atoms with Crippen LogP contribution in [0.4, 0.5) is 0 Å². The molecule has 0 amide bonds. The number of carbonyl (C=O) groups excluding carboxylic acids is 3. The minimum absolute atomic E-state index is 0.0719. The Morgan fingerprint density at radius 2 is 0.423 bits per heavy atom. The molecule has 0 aliphatic heterocycles. The van der Waals surface area contributed by atoms with Gasteiger partial charge in [0.05, 0.1) is 0 Å². The van der Waals surface area contributed by atoms with Crippen molar-refractivity contribution < 1.29 is 28.6 Å². The Morgan fingerprint density at radius 3 is 0.641 bits per heavy atom. The van der Waals surface area contributed by atoms with E-state index in [1.54, 1.807) is 0 Å². The lowest BCUT2D eigenvalue weighted by Gasteiger charge is -2.18. The maximum atomic E-state index is 12.9. The maximum Gasteiger partial charge on any atom is 0.306 e. The summed E-state index contributed by atoms with van der Waals surface area (Å²) >= 11 is 0. The van der Waals surface area contributed by atoms with Gasteiger partial charge in [0, 0.05) is 19.3 Å². The van der Waals surface area contributed by atoms with E-state index in [0.717, 1.165) is 64.2 Å². The van der Waals surface area contributed by atoms with Gasteiger partial charge in [0.1, 0.15) is 13.2 Å².